The molecule has 0 aliphatic heterocycles. The fourth-order valence-corrected chi connectivity index (χ4v) is 2.81. The van der Waals surface area contributed by atoms with Crippen molar-refractivity contribution in [1.82, 2.24) is 9.78 Å². The highest BCUT2D eigenvalue weighted by molar-refractivity contribution is 6.74. The second-order valence-corrected chi connectivity index (χ2v) is 11.8. The van der Waals surface area contributed by atoms with Crippen LogP contribution in [0.2, 0.25) is 18.1 Å². The van der Waals surface area contributed by atoms with Gasteiger partial charge in [-0.25, -0.2) is 9.07 Å². The zero-order chi connectivity index (χ0) is 16.5. The number of benzene rings is 1. The van der Waals surface area contributed by atoms with E-state index in [4.69, 9.17) is 10.2 Å². The molecule has 0 bridgehead atoms. The predicted octanol–water partition coefficient (Wildman–Crippen LogP) is 4.12. The molecule has 2 rings (SSSR count). The summed E-state index contributed by atoms with van der Waals surface area (Å²) >= 11 is 0. The maximum absolute atomic E-state index is 14.1. The van der Waals surface area contributed by atoms with Crippen molar-refractivity contribution in [2.75, 3.05) is 5.73 Å². The van der Waals surface area contributed by atoms with E-state index in [1.165, 1.54) is 10.7 Å². The first-order valence-corrected chi connectivity index (χ1v) is 10.3. The van der Waals surface area contributed by atoms with Gasteiger partial charge in [-0.05, 0) is 36.3 Å². The average Bonchev–Trinajstić information content (AvgIpc) is 2.83. The third-order valence-electron chi connectivity index (χ3n) is 4.34. The molecule has 120 valence electrons. The fraction of sp³-hybridized carbons (Fsp3) is 0.438. The van der Waals surface area contributed by atoms with E-state index in [1.54, 1.807) is 18.3 Å². The zero-order valence-electron chi connectivity index (χ0n) is 13.9. The van der Waals surface area contributed by atoms with Gasteiger partial charge in [-0.1, -0.05) is 26.8 Å². The molecule has 0 unspecified atom stereocenters. The van der Waals surface area contributed by atoms with Gasteiger partial charge in [0.15, 0.2) is 14.1 Å². The van der Waals surface area contributed by atoms with Gasteiger partial charge in [0.05, 0.1) is 18.0 Å². The largest absolute Gasteiger partial charge is 0.411 e. The molecule has 0 spiro atoms. The molecule has 22 heavy (non-hydrogen) atoms. The summed E-state index contributed by atoms with van der Waals surface area (Å²) < 4.78 is 21.8. The molecule has 0 amide bonds. The number of nitrogens with zero attached hydrogens (tertiary/aromatic N) is 2. The topological polar surface area (TPSA) is 53.1 Å². The van der Waals surface area contributed by atoms with Crippen molar-refractivity contribution in [1.29, 1.82) is 0 Å². The Hall–Kier alpha value is -1.66. The number of aromatic nitrogens is 2. The summed E-state index contributed by atoms with van der Waals surface area (Å²) in [6.45, 7) is 11.3. The summed E-state index contributed by atoms with van der Waals surface area (Å²) in [4.78, 5) is 0. The van der Waals surface area contributed by atoms with E-state index in [0.29, 0.717) is 12.3 Å². The van der Waals surface area contributed by atoms with E-state index in [-0.39, 0.29) is 10.7 Å². The van der Waals surface area contributed by atoms with Gasteiger partial charge in [-0.15, -0.1) is 0 Å². The van der Waals surface area contributed by atoms with Crippen molar-refractivity contribution in [2.45, 2.75) is 45.5 Å². The van der Waals surface area contributed by atoms with Crippen LogP contribution in [-0.4, -0.2) is 18.1 Å². The Labute approximate surface area is 132 Å². The van der Waals surface area contributed by atoms with E-state index < -0.39 is 14.1 Å². The van der Waals surface area contributed by atoms with Crippen LogP contribution in [0.4, 0.5) is 10.1 Å². The number of hydrogen-bond donors (Lipinski definition) is 1. The second-order valence-electron chi connectivity index (χ2n) is 6.96. The molecule has 0 aliphatic carbocycles. The summed E-state index contributed by atoms with van der Waals surface area (Å²) in [6.07, 6.45) is 1.64. The number of rotatable bonds is 4. The smallest absolute Gasteiger partial charge is 0.192 e. The molecule has 0 saturated carbocycles. The first-order valence-electron chi connectivity index (χ1n) is 7.35. The summed E-state index contributed by atoms with van der Waals surface area (Å²) in [5.41, 5.74) is 7.33. The van der Waals surface area contributed by atoms with Gasteiger partial charge >= 0.3 is 0 Å². The first kappa shape index (κ1) is 16.7. The lowest BCUT2D eigenvalue weighted by Gasteiger charge is -2.36. The molecule has 0 radical (unpaired) electrons. The minimum atomic E-state index is -1.88. The lowest BCUT2D eigenvalue weighted by atomic mass is 10.2. The van der Waals surface area contributed by atoms with Gasteiger partial charge in [0, 0.05) is 6.20 Å². The van der Waals surface area contributed by atoms with Crippen molar-refractivity contribution >= 4 is 14.0 Å². The molecule has 1 aromatic heterocycles. The van der Waals surface area contributed by atoms with Gasteiger partial charge in [-0.2, -0.15) is 5.10 Å². The Kier molecular flexibility index (Phi) is 4.44. The minimum absolute atomic E-state index is 0.120. The molecule has 4 nitrogen and oxygen atoms in total. The van der Waals surface area contributed by atoms with Crippen molar-refractivity contribution in [3.8, 4) is 5.69 Å². The third-order valence-corrected chi connectivity index (χ3v) is 8.82. The molecule has 2 N–H and O–H groups in total. The fourth-order valence-electron chi connectivity index (χ4n) is 1.87. The van der Waals surface area contributed by atoms with Gasteiger partial charge in [0.1, 0.15) is 5.69 Å². The molecule has 0 fully saturated rings. The molecule has 1 aromatic carbocycles. The predicted molar refractivity (Wildman–Crippen MR) is 89.9 cm³/mol. The van der Waals surface area contributed by atoms with Crippen LogP contribution in [0.15, 0.2) is 30.5 Å². The van der Waals surface area contributed by atoms with Crippen molar-refractivity contribution < 1.29 is 8.82 Å². The maximum Gasteiger partial charge on any atom is 0.192 e. The third kappa shape index (κ3) is 3.23. The number of anilines is 1. The first-order chi connectivity index (χ1) is 10.1. The van der Waals surface area contributed by atoms with Gasteiger partial charge in [-0.3, -0.25) is 0 Å². The van der Waals surface area contributed by atoms with Crippen LogP contribution in [0.25, 0.3) is 5.69 Å². The normalized spacial score (nSPS) is 12.6. The maximum atomic E-state index is 14.1. The summed E-state index contributed by atoms with van der Waals surface area (Å²) in [5.74, 6) is -0.391. The van der Waals surface area contributed by atoms with Crippen molar-refractivity contribution in [2.24, 2.45) is 0 Å². The van der Waals surface area contributed by atoms with Crippen LogP contribution in [0, 0.1) is 5.82 Å². The van der Waals surface area contributed by atoms with Gasteiger partial charge in [0.2, 0.25) is 0 Å². The van der Waals surface area contributed by atoms with E-state index in [0.717, 1.165) is 5.69 Å². The highest BCUT2D eigenvalue weighted by atomic mass is 28.4. The monoisotopic (exact) mass is 321 g/mol. The summed E-state index contributed by atoms with van der Waals surface area (Å²) in [7, 11) is -1.88. The summed E-state index contributed by atoms with van der Waals surface area (Å²) in [6, 6.07) is 6.47. The Morgan fingerprint density at radius 3 is 2.55 bits per heavy atom. The van der Waals surface area contributed by atoms with E-state index in [1.807, 2.05) is 6.07 Å². The number of nitrogen functional groups attached to an aromatic ring is 1. The number of para-hydroxylation sites is 1. The van der Waals surface area contributed by atoms with Crippen LogP contribution >= 0.6 is 0 Å². The molecule has 0 aliphatic rings. The SMILES string of the molecule is CC(C)(C)[Si](C)(C)OCc1ccnn1-c1c(N)cccc1F. The van der Waals surface area contributed by atoms with Crippen LogP contribution in [0.1, 0.15) is 26.5 Å². The average molecular weight is 321 g/mol. The molecule has 0 saturated heterocycles. The van der Waals surface area contributed by atoms with Crippen LogP contribution in [-0.2, 0) is 11.0 Å². The second kappa shape index (κ2) is 5.85. The lowest BCUT2D eigenvalue weighted by molar-refractivity contribution is 0.268. The highest BCUT2D eigenvalue weighted by Crippen LogP contribution is 2.37. The van der Waals surface area contributed by atoms with Gasteiger partial charge in [0.25, 0.3) is 0 Å². The zero-order valence-corrected chi connectivity index (χ0v) is 14.9. The quantitative estimate of drug-likeness (QED) is 0.681. The number of halogens is 1. The van der Waals surface area contributed by atoms with E-state index in [9.17, 15) is 4.39 Å². The Bertz CT molecular complexity index is 641. The van der Waals surface area contributed by atoms with E-state index in [2.05, 4.69) is 39.0 Å². The molecule has 0 atom stereocenters. The lowest BCUT2D eigenvalue weighted by Crippen LogP contribution is -2.40. The van der Waals surface area contributed by atoms with E-state index >= 15 is 0 Å². The number of hydrogen-bond acceptors (Lipinski definition) is 3. The van der Waals surface area contributed by atoms with Crippen LogP contribution < -0.4 is 5.73 Å². The van der Waals surface area contributed by atoms with Crippen LogP contribution in [0.5, 0.6) is 0 Å². The minimum Gasteiger partial charge on any atom is -0.411 e. The number of nitrogens with two attached hydrogens (primary N) is 1. The molecular formula is C16H24FN3OSi. The Morgan fingerprint density at radius 2 is 1.95 bits per heavy atom. The highest BCUT2D eigenvalue weighted by Gasteiger charge is 2.37. The van der Waals surface area contributed by atoms with Crippen LogP contribution in [0.3, 0.4) is 0 Å². The standard InChI is InChI=1S/C16H24FN3OSi/c1-16(2,3)22(4,5)21-11-12-9-10-19-20(12)15-13(17)7-6-8-14(15)18/h6-10H,11,18H2,1-5H3. The van der Waals surface area contributed by atoms with Gasteiger partial charge < -0.3 is 10.2 Å². The molecule has 2 aromatic rings. The Balaban J connectivity index is 2.28. The van der Waals surface area contributed by atoms with Crippen molar-refractivity contribution in [3.05, 3.63) is 42.0 Å². The molecule has 1 heterocycles. The Morgan fingerprint density at radius 1 is 1.27 bits per heavy atom. The molecule has 6 heteroatoms. The summed E-state index contributed by atoms with van der Waals surface area (Å²) in [5, 5.41) is 4.32. The molecular weight excluding hydrogens is 297 g/mol. The van der Waals surface area contributed by atoms with Crippen molar-refractivity contribution in [3.63, 3.8) is 0 Å².